The summed E-state index contributed by atoms with van der Waals surface area (Å²) in [6.45, 7) is 5.79. The first-order valence-electron chi connectivity index (χ1n) is 5.50. The highest BCUT2D eigenvalue weighted by molar-refractivity contribution is 7.80. The first-order valence-corrected chi connectivity index (χ1v) is 5.90. The number of pyridine rings is 1. The Morgan fingerprint density at radius 1 is 1.76 bits per heavy atom. The predicted octanol–water partition coefficient (Wildman–Crippen LogP) is 1.47. The maximum absolute atomic E-state index is 5.69. The lowest BCUT2D eigenvalue weighted by Gasteiger charge is -2.25. The van der Waals surface area contributed by atoms with Gasteiger partial charge < -0.3 is 15.0 Å². The Balaban J connectivity index is 2.07. The van der Waals surface area contributed by atoms with E-state index < -0.39 is 0 Å². The van der Waals surface area contributed by atoms with Crippen molar-refractivity contribution in [1.82, 2.24) is 15.2 Å². The van der Waals surface area contributed by atoms with Crippen LogP contribution in [-0.2, 0) is 4.74 Å². The Hall–Kier alpha value is -1.46. The summed E-state index contributed by atoms with van der Waals surface area (Å²) in [7, 11) is 0. The van der Waals surface area contributed by atoms with Crippen LogP contribution >= 0.6 is 12.2 Å². The van der Waals surface area contributed by atoms with Gasteiger partial charge in [0.05, 0.1) is 6.61 Å². The van der Waals surface area contributed by atoms with Crippen molar-refractivity contribution in [2.45, 2.75) is 6.23 Å². The topological polar surface area (TPSA) is 37.4 Å². The van der Waals surface area contributed by atoms with Gasteiger partial charge in [0.1, 0.15) is 0 Å². The van der Waals surface area contributed by atoms with Crippen molar-refractivity contribution in [3.63, 3.8) is 0 Å². The third-order valence-corrected chi connectivity index (χ3v) is 2.90. The highest BCUT2D eigenvalue weighted by Gasteiger charge is 2.28. The maximum atomic E-state index is 5.69. The van der Waals surface area contributed by atoms with Crippen LogP contribution in [0.4, 0.5) is 0 Å². The molecule has 0 radical (unpaired) electrons. The van der Waals surface area contributed by atoms with E-state index in [2.05, 4.69) is 16.9 Å². The monoisotopic (exact) mass is 249 g/mol. The zero-order valence-corrected chi connectivity index (χ0v) is 10.3. The minimum Gasteiger partial charge on any atom is -0.359 e. The van der Waals surface area contributed by atoms with Crippen LogP contribution in [0.5, 0.6) is 0 Å². The van der Waals surface area contributed by atoms with Crippen LogP contribution in [-0.4, -0.2) is 34.7 Å². The van der Waals surface area contributed by atoms with E-state index in [0.29, 0.717) is 18.3 Å². The van der Waals surface area contributed by atoms with Gasteiger partial charge in [0, 0.05) is 31.0 Å². The predicted molar refractivity (Wildman–Crippen MR) is 70.4 cm³/mol. The molecule has 0 bridgehead atoms. The Kier molecular flexibility index (Phi) is 4.06. The fourth-order valence-electron chi connectivity index (χ4n) is 1.74. The molecule has 1 unspecified atom stereocenters. The van der Waals surface area contributed by atoms with Gasteiger partial charge in [0.2, 0.25) is 0 Å². The lowest BCUT2D eigenvalue weighted by molar-refractivity contribution is 0.0627. The SMILES string of the molecule is C=CCNC(=S)N1CCOC1c1cccnc1. The molecule has 1 aromatic rings. The van der Waals surface area contributed by atoms with E-state index in [0.717, 1.165) is 12.1 Å². The van der Waals surface area contributed by atoms with Gasteiger partial charge in [-0.25, -0.2) is 0 Å². The molecular formula is C12H15N3OS. The molecule has 1 saturated heterocycles. The van der Waals surface area contributed by atoms with Crippen molar-refractivity contribution >= 4 is 17.3 Å². The molecule has 1 N–H and O–H groups in total. The molecule has 0 saturated carbocycles. The van der Waals surface area contributed by atoms with E-state index in [1.165, 1.54) is 0 Å². The number of ether oxygens (including phenoxy) is 1. The van der Waals surface area contributed by atoms with Crippen molar-refractivity contribution in [2.75, 3.05) is 19.7 Å². The zero-order chi connectivity index (χ0) is 12.1. The third-order valence-electron chi connectivity index (χ3n) is 2.52. The highest BCUT2D eigenvalue weighted by atomic mass is 32.1. The van der Waals surface area contributed by atoms with Crippen molar-refractivity contribution in [3.8, 4) is 0 Å². The number of hydrogen-bond donors (Lipinski definition) is 1. The lowest BCUT2D eigenvalue weighted by Crippen LogP contribution is -2.39. The van der Waals surface area contributed by atoms with Gasteiger partial charge in [-0.2, -0.15) is 0 Å². The Morgan fingerprint density at radius 3 is 3.35 bits per heavy atom. The Labute approximate surface area is 106 Å². The summed E-state index contributed by atoms with van der Waals surface area (Å²) >= 11 is 5.32. The fourth-order valence-corrected chi connectivity index (χ4v) is 2.01. The van der Waals surface area contributed by atoms with Crippen molar-refractivity contribution in [1.29, 1.82) is 0 Å². The summed E-state index contributed by atoms with van der Waals surface area (Å²) in [5.74, 6) is 0. The standard InChI is InChI=1S/C12H15N3OS/c1-2-5-14-12(17)15-7-8-16-11(15)10-4-3-6-13-9-10/h2-4,6,9,11H,1,5,7-8H2,(H,14,17). The molecular weight excluding hydrogens is 234 g/mol. The van der Waals surface area contributed by atoms with Gasteiger partial charge >= 0.3 is 0 Å². The smallest absolute Gasteiger partial charge is 0.171 e. The largest absolute Gasteiger partial charge is 0.359 e. The molecule has 17 heavy (non-hydrogen) atoms. The van der Waals surface area contributed by atoms with E-state index in [4.69, 9.17) is 17.0 Å². The van der Waals surface area contributed by atoms with Crippen LogP contribution in [0.1, 0.15) is 11.8 Å². The van der Waals surface area contributed by atoms with Crippen LogP contribution in [0.3, 0.4) is 0 Å². The average Bonchev–Trinajstić information content (AvgIpc) is 2.86. The molecule has 1 aliphatic heterocycles. The lowest BCUT2D eigenvalue weighted by atomic mass is 10.2. The van der Waals surface area contributed by atoms with E-state index in [9.17, 15) is 0 Å². The summed E-state index contributed by atoms with van der Waals surface area (Å²) in [5, 5.41) is 3.80. The average molecular weight is 249 g/mol. The number of aromatic nitrogens is 1. The normalized spacial score (nSPS) is 19.1. The Bertz CT molecular complexity index is 396. The molecule has 1 aromatic heterocycles. The second-order valence-electron chi connectivity index (χ2n) is 3.68. The summed E-state index contributed by atoms with van der Waals surface area (Å²) in [5.41, 5.74) is 1.02. The zero-order valence-electron chi connectivity index (χ0n) is 9.50. The van der Waals surface area contributed by atoms with Crippen LogP contribution < -0.4 is 5.32 Å². The summed E-state index contributed by atoms with van der Waals surface area (Å²) in [4.78, 5) is 6.12. The molecule has 1 aliphatic rings. The maximum Gasteiger partial charge on any atom is 0.171 e. The second kappa shape index (κ2) is 5.75. The Morgan fingerprint density at radius 2 is 2.65 bits per heavy atom. The number of nitrogens with one attached hydrogen (secondary N) is 1. The molecule has 1 fully saturated rings. The quantitative estimate of drug-likeness (QED) is 0.648. The minimum absolute atomic E-state index is 0.131. The fraction of sp³-hybridized carbons (Fsp3) is 0.333. The van der Waals surface area contributed by atoms with Crippen molar-refractivity contribution in [3.05, 3.63) is 42.7 Å². The molecule has 5 heteroatoms. The van der Waals surface area contributed by atoms with Crippen LogP contribution in [0.25, 0.3) is 0 Å². The van der Waals surface area contributed by atoms with Gasteiger partial charge in [-0.05, 0) is 18.3 Å². The molecule has 0 amide bonds. The van der Waals surface area contributed by atoms with Gasteiger partial charge in [-0.1, -0.05) is 12.1 Å². The van der Waals surface area contributed by atoms with E-state index in [1.807, 2.05) is 17.0 Å². The molecule has 1 atom stereocenters. The molecule has 4 nitrogen and oxygen atoms in total. The number of rotatable bonds is 3. The van der Waals surface area contributed by atoms with E-state index >= 15 is 0 Å². The summed E-state index contributed by atoms with van der Waals surface area (Å²) in [6, 6.07) is 3.89. The molecule has 0 spiro atoms. The first kappa shape index (κ1) is 12.0. The van der Waals surface area contributed by atoms with E-state index in [-0.39, 0.29) is 6.23 Å². The molecule has 2 rings (SSSR count). The third kappa shape index (κ3) is 2.81. The molecule has 0 aliphatic carbocycles. The second-order valence-corrected chi connectivity index (χ2v) is 4.06. The highest BCUT2D eigenvalue weighted by Crippen LogP contribution is 2.25. The summed E-state index contributed by atoms with van der Waals surface area (Å²) < 4.78 is 5.69. The molecule has 90 valence electrons. The van der Waals surface area contributed by atoms with E-state index in [1.54, 1.807) is 18.5 Å². The van der Waals surface area contributed by atoms with Gasteiger partial charge in [-0.3, -0.25) is 4.98 Å². The summed E-state index contributed by atoms with van der Waals surface area (Å²) in [6.07, 6.45) is 5.20. The molecule has 2 heterocycles. The minimum atomic E-state index is -0.131. The van der Waals surface area contributed by atoms with Gasteiger partial charge in [-0.15, -0.1) is 6.58 Å². The number of nitrogens with zero attached hydrogens (tertiary/aromatic N) is 2. The van der Waals surface area contributed by atoms with Crippen molar-refractivity contribution in [2.24, 2.45) is 0 Å². The van der Waals surface area contributed by atoms with Crippen molar-refractivity contribution < 1.29 is 4.74 Å². The van der Waals surface area contributed by atoms with Gasteiger partial charge in [0.25, 0.3) is 0 Å². The number of thiocarbonyl (C=S) groups is 1. The van der Waals surface area contributed by atoms with Gasteiger partial charge in [0.15, 0.2) is 11.3 Å². The molecule has 0 aromatic carbocycles. The number of hydrogen-bond acceptors (Lipinski definition) is 3. The first-order chi connectivity index (χ1) is 8.33. The van der Waals surface area contributed by atoms with Crippen LogP contribution in [0, 0.1) is 0 Å². The van der Waals surface area contributed by atoms with Crippen LogP contribution in [0.2, 0.25) is 0 Å². The van der Waals surface area contributed by atoms with Crippen LogP contribution in [0.15, 0.2) is 37.2 Å².